The van der Waals surface area contributed by atoms with E-state index in [1.165, 1.54) is 135 Å². The molecule has 0 spiro atoms. The molecule has 1 amide bonds. The van der Waals surface area contributed by atoms with Crippen molar-refractivity contribution in [2.45, 2.75) is 218 Å². The van der Waals surface area contributed by atoms with Gasteiger partial charge in [0.15, 0.2) is 0 Å². The minimum atomic E-state index is -1.10. The van der Waals surface area contributed by atoms with Gasteiger partial charge in [-0.25, -0.2) is 0 Å². The van der Waals surface area contributed by atoms with Crippen LogP contribution < -0.4 is 5.32 Å². The molecule has 3 atom stereocenters. The summed E-state index contributed by atoms with van der Waals surface area (Å²) in [5.41, 5.74) is 0. The maximum absolute atomic E-state index is 12.4. The fraction of sp³-hybridized carbons (Fsp3) is 0.833. The molecule has 4 N–H and O–H groups in total. The summed E-state index contributed by atoms with van der Waals surface area (Å²) in [5.74, 6) is -0.519. The number of unbranched alkanes of at least 4 members (excludes halogenated alkanes) is 25. The van der Waals surface area contributed by atoms with Crippen LogP contribution in [0.4, 0.5) is 0 Å². The Hall–Kier alpha value is -1.43. The zero-order valence-electron chi connectivity index (χ0n) is 31.2. The van der Waals surface area contributed by atoms with Crippen LogP contribution in [0.15, 0.2) is 36.5 Å². The van der Waals surface area contributed by atoms with Crippen molar-refractivity contribution < 1.29 is 20.1 Å². The van der Waals surface area contributed by atoms with Crippen LogP contribution in [-0.4, -0.2) is 46.1 Å². The SMILES string of the molecule is C/C=C/CC/C=C/CC/C=C/C(O)C(CO)NC(=O)C(O)CCCCCCCCCCCCCCCCCCCCCCCCCC. The fourth-order valence-corrected chi connectivity index (χ4v) is 6.11. The topological polar surface area (TPSA) is 89.8 Å². The monoisotopic (exact) mass is 662 g/mol. The summed E-state index contributed by atoms with van der Waals surface area (Å²) in [6, 6.07) is -0.816. The second-order valence-corrected chi connectivity index (χ2v) is 13.8. The molecule has 0 aromatic carbocycles. The van der Waals surface area contributed by atoms with E-state index in [9.17, 15) is 20.1 Å². The van der Waals surface area contributed by atoms with E-state index >= 15 is 0 Å². The number of allylic oxidation sites excluding steroid dienone is 5. The molecular formula is C42H79NO4. The number of hydrogen-bond donors (Lipinski definition) is 4. The van der Waals surface area contributed by atoms with E-state index in [0.29, 0.717) is 6.42 Å². The maximum Gasteiger partial charge on any atom is 0.249 e. The van der Waals surface area contributed by atoms with Gasteiger partial charge in [0, 0.05) is 0 Å². The van der Waals surface area contributed by atoms with E-state index in [1.54, 1.807) is 6.08 Å². The molecule has 0 aliphatic heterocycles. The van der Waals surface area contributed by atoms with Crippen LogP contribution in [0.2, 0.25) is 0 Å². The van der Waals surface area contributed by atoms with Crippen molar-refractivity contribution in [1.29, 1.82) is 0 Å². The molecular weight excluding hydrogens is 582 g/mol. The summed E-state index contributed by atoms with van der Waals surface area (Å²) in [7, 11) is 0. The van der Waals surface area contributed by atoms with Gasteiger partial charge in [-0.3, -0.25) is 4.79 Å². The minimum absolute atomic E-state index is 0.381. The number of nitrogens with one attached hydrogen (secondary N) is 1. The van der Waals surface area contributed by atoms with Gasteiger partial charge in [0.2, 0.25) is 5.91 Å². The molecule has 276 valence electrons. The lowest BCUT2D eigenvalue weighted by Gasteiger charge is -2.21. The Morgan fingerprint density at radius 2 is 0.915 bits per heavy atom. The largest absolute Gasteiger partial charge is 0.394 e. The van der Waals surface area contributed by atoms with E-state index < -0.39 is 24.2 Å². The third kappa shape index (κ3) is 32.9. The first-order valence-electron chi connectivity index (χ1n) is 20.3. The summed E-state index contributed by atoms with van der Waals surface area (Å²) in [6.07, 6.45) is 46.3. The van der Waals surface area contributed by atoms with E-state index in [0.717, 1.165) is 44.9 Å². The number of hydrogen-bond acceptors (Lipinski definition) is 4. The molecule has 0 saturated carbocycles. The number of aliphatic hydroxyl groups is 3. The van der Waals surface area contributed by atoms with E-state index in [4.69, 9.17) is 0 Å². The van der Waals surface area contributed by atoms with Crippen LogP contribution in [-0.2, 0) is 4.79 Å². The van der Waals surface area contributed by atoms with Crippen molar-refractivity contribution in [3.63, 3.8) is 0 Å². The van der Waals surface area contributed by atoms with E-state index in [-0.39, 0.29) is 6.61 Å². The fourth-order valence-electron chi connectivity index (χ4n) is 6.11. The smallest absolute Gasteiger partial charge is 0.249 e. The predicted octanol–water partition coefficient (Wildman–Crippen LogP) is 11.2. The van der Waals surface area contributed by atoms with Crippen LogP contribution in [0.1, 0.15) is 200 Å². The third-order valence-electron chi connectivity index (χ3n) is 9.31. The van der Waals surface area contributed by atoms with Crippen LogP contribution >= 0.6 is 0 Å². The predicted molar refractivity (Wildman–Crippen MR) is 204 cm³/mol. The van der Waals surface area contributed by atoms with Crippen molar-refractivity contribution in [3.05, 3.63) is 36.5 Å². The summed E-state index contributed by atoms with van der Waals surface area (Å²) in [6.45, 7) is 3.93. The standard InChI is InChI=1S/C42H79NO4/c1-3-5-7-9-11-13-14-15-16-17-18-19-20-21-22-23-24-25-26-27-29-31-33-35-37-41(46)42(47)43-39(38-44)40(45)36-34-32-30-28-12-10-8-6-4-2/h4,6,12,28,34,36,39-41,44-46H,3,5,7-11,13-27,29-33,35,37-38H2,1-2H3,(H,43,47)/b6-4+,28-12+,36-34+. The van der Waals surface area contributed by atoms with Crippen LogP contribution in [0, 0.1) is 0 Å². The van der Waals surface area contributed by atoms with E-state index in [1.807, 2.05) is 13.0 Å². The summed E-state index contributed by atoms with van der Waals surface area (Å²) in [4.78, 5) is 12.4. The van der Waals surface area contributed by atoms with Crippen molar-refractivity contribution in [3.8, 4) is 0 Å². The molecule has 0 fully saturated rings. The van der Waals surface area contributed by atoms with Gasteiger partial charge in [0.1, 0.15) is 6.10 Å². The van der Waals surface area contributed by atoms with Crippen molar-refractivity contribution >= 4 is 5.91 Å². The first kappa shape index (κ1) is 45.6. The first-order chi connectivity index (χ1) is 23.1. The molecule has 0 aliphatic rings. The highest BCUT2D eigenvalue weighted by Gasteiger charge is 2.22. The minimum Gasteiger partial charge on any atom is -0.394 e. The molecule has 5 heteroatoms. The number of carbonyl (C=O) groups is 1. The van der Waals surface area contributed by atoms with Gasteiger partial charge in [-0.2, -0.15) is 0 Å². The highest BCUT2D eigenvalue weighted by Crippen LogP contribution is 2.16. The van der Waals surface area contributed by atoms with Gasteiger partial charge in [0.05, 0.1) is 18.8 Å². The molecule has 0 aromatic heterocycles. The van der Waals surface area contributed by atoms with Gasteiger partial charge in [-0.1, -0.05) is 197 Å². The molecule has 0 rings (SSSR count). The lowest BCUT2D eigenvalue weighted by atomic mass is 10.0. The lowest BCUT2D eigenvalue weighted by molar-refractivity contribution is -0.131. The third-order valence-corrected chi connectivity index (χ3v) is 9.31. The Morgan fingerprint density at radius 1 is 0.553 bits per heavy atom. The molecule has 0 saturated heterocycles. The Balaban J connectivity index is 3.57. The average Bonchev–Trinajstić information content (AvgIpc) is 3.07. The van der Waals surface area contributed by atoms with Gasteiger partial charge >= 0.3 is 0 Å². The lowest BCUT2D eigenvalue weighted by Crippen LogP contribution is -2.48. The zero-order valence-corrected chi connectivity index (χ0v) is 31.2. The molecule has 47 heavy (non-hydrogen) atoms. The van der Waals surface area contributed by atoms with Crippen molar-refractivity contribution in [1.82, 2.24) is 5.32 Å². The molecule has 0 radical (unpaired) electrons. The molecule has 0 aromatic rings. The van der Waals surface area contributed by atoms with Gasteiger partial charge in [0.25, 0.3) is 0 Å². The highest BCUT2D eigenvalue weighted by molar-refractivity contribution is 5.80. The second-order valence-electron chi connectivity index (χ2n) is 13.8. The second kappa shape index (κ2) is 37.4. The number of amides is 1. The Kier molecular flexibility index (Phi) is 36.3. The summed E-state index contributed by atoms with van der Waals surface area (Å²) >= 11 is 0. The molecule has 3 unspecified atom stereocenters. The summed E-state index contributed by atoms with van der Waals surface area (Å²) < 4.78 is 0. The normalized spacial score (nSPS) is 14.1. The Morgan fingerprint density at radius 3 is 1.30 bits per heavy atom. The maximum atomic E-state index is 12.4. The quantitative estimate of drug-likeness (QED) is 0.0397. The van der Waals surface area contributed by atoms with Gasteiger partial charge in [-0.15, -0.1) is 0 Å². The first-order valence-corrected chi connectivity index (χ1v) is 20.3. The summed E-state index contributed by atoms with van der Waals surface area (Å²) in [5, 5.41) is 32.8. The number of aliphatic hydroxyl groups excluding tert-OH is 3. The number of carbonyl (C=O) groups excluding carboxylic acids is 1. The van der Waals surface area contributed by atoms with Crippen molar-refractivity contribution in [2.75, 3.05) is 6.61 Å². The Labute approximate surface area is 292 Å². The highest BCUT2D eigenvalue weighted by atomic mass is 16.3. The number of rotatable bonds is 36. The van der Waals surface area contributed by atoms with Gasteiger partial charge in [-0.05, 0) is 39.0 Å². The molecule has 0 bridgehead atoms. The van der Waals surface area contributed by atoms with Crippen LogP contribution in [0.3, 0.4) is 0 Å². The molecule has 0 aliphatic carbocycles. The zero-order chi connectivity index (χ0) is 34.5. The van der Waals surface area contributed by atoms with Crippen molar-refractivity contribution in [2.24, 2.45) is 0 Å². The van der Waals surface area contributed by atoms with Crippen LogP contribution in [0.25, 0.3) is 0 Å². The van der Waals surface area contributed by atoms with E-state index in [2.05, 4.69) is 36.5 Å². The molecule has 5 nitrogen and oxygen atoms in total. The average molecular weight is 662 g/mol. The van der Waals surface area contributed by atoms with Gasteiger partial charge < -0.3 is 20.6 Å². The molecule has 0 heterocycles. The van der Waals surface area contributed by atoms with Crippen LogP contribution in [0.5, 0.6) is 0 Å². The Bertz CT molecular complexity index is 734.